The molecule has 5 heteroatoms. The van der Waals surface area contributed by atoms with E-state index < -0.39 is 6.10 Å². The van der Waals surface area contributed by atoms with Gasteiger partial charge in [-0.3, -0.25) is 0 Å². The maximum absolute atomic E-state index is 13.9. The molecule has 0 saturated carbocycles. The van der Waals surface area contributed by atoms with E-state index in [2.05, 4.69) is 5.32 Å². The highest BCUT2D eigenvalue weighted by molar-refractivity contribution is 6.31. The normalized spacial score (nSPS) is 12.0. The van der Waals surface area contributed by atoms with Crippen molar-refractivity contribution in [3.05, 3.63) is 100 Å². The number of aliphatic hydroxyl groups is 1. The second kappa shape index (κ2) is 9.51. The lowest BCUT2D eigenvalue weighted by Gasteiger charge is -2.15. The average Bonchev–Trinajstić information content (AvgIpc) is 2.69. The second-order valence-electron chi connectivity index (χ2n) is 6.15. The number of ether oxygens (including phenoxy) is 1. The van der Waals surface area contributed by atoms with E-state index in [-0.39, 0.29) is 12.4 Å². The number of benzene rings is 3. The fourth-order valence-corrected chi connectivity index (χ4v) is 2.96. The summed E-state index contributed by atoms with van der Waals surface area (Å²) in [4.78, 5) is 0. The number of rotatable bonds is 8. The first-order valence-corrected chi connectivity index (χ1v) is 9.10. The van der Waals surface area contributed by atoms with Gasteiger partial charge in [-0.1, -0.05) is 66.2 Å². The van der Waals surface area contributed by atoms with E-state index >= 15 is 0 Å². The highest BCUT2D eigenvalue weighted by Gasteiger charge is 2.10. The lowest BCUT2D eigenvalue weighted by molar-refractivity contribution is 0.174. The molecule has 0 heterocycles. The molecule has 3 nitrogen and oxygen atoms in total. The zero-order chi connectivity index (χ0) is 19.1. The van der Waals surface area contributed by atoms with Crippen LogP contribution in [0.25, 0.3) is 0 Å². The summed E-state index contributed by atoms with van der Waals surface area (Å²) in [6.07, 6.45) is -0.587. The Kier molecular flexibility index (Phi) is 6.82. The fourth-order valence-electron chi connectivity index (χ4n) is 2.75. The van der Waals surface area contributed by atoms with Gasteiger partial charge in [-0.25, -0.2) is 4.39 Å². The van der Waals surface area contributed by atoms with Crippen LogP contribution in [0.3, 0.4) is 0 Å². The molecule has 0 spiro atoms. The molecular formula is C22H21ClFNO2. The Labute approximate surface area is 163 Å². The average molecular weight is 386 g/mol. The van der Waals surface area contributed by atoms with Gasteiger partial charge in [0.15, 0.2) is 0 Å². The first kappa shape index (κ1) is 19.4. The summed E-state index contributed by atoms with van der Waals surface area (Å²) >= 11 is 6.05. The Morgan fingerprint density at radius 1 is 0.963 bits per heavy atom. The zero-order valence-electron chi connectivity index (χ0n) is 14.7. The van der Waals surface area contributed by atoms with Gasteiger partial charge in [0.1, 0.15) is 18.2 Å². The van der Waals surface area contributed by atoms with Gasteiger partial charge >= 0.3 is 0 Å². The molecule has 0 aromatic heterocycles. The molecule has 3 aromatic rings. The molecule has 3 aromatic carbocycles. The molecule has 2 N–H and O–H groups in total. The van der Waals surface area contributed by atoms with Crippen molar-refractivity contribution in [1.29, 1.82) is 0 Å². The van der Waals surface area contributed by atoms with Crippen molar-refractivity contribution in [3.8, 4) is 5.75 Å². The molecule has 0 saturated heterocycles. The van der Waals surface area contributed by atoms with Gasteiger partial charge in [-0.05, 0) is 23.8 Å². The van der Waals surface area contributed by atoms with E-state index in [4.69, 9.17) is 16.3 Å². The van der Waals surface area contributed by atoms with Crippen molar-refractivity contribution in [2.75, 3.05) is 6.54 Å². The smallest absolute Gasteiger partial charge is 0.131 e. The molecule has 3 rings (SSSR count). The third-order valence-electron chi connectivity index (χ3n) is 4.24. The van der Waals surface area contributed by atoms with Gasteiger partial charge in [0.25, 0.3) is 0 Å². The predicted molar refractivity (Wildman–Crippen MR) is 105 cm³/mol. The summed E-state index contributed by atoms with van der Waals surface area (Å²) in [5, 5.41) is 13.8. The summed E-state index contributed by atoms with van der Waals surface area (Å²) < 4.78 is 19.7. The van der Waals surface area contributed by atoms with Gasteiger partial charge in [0.05, 0.1) is 11.1 Å². The van der Waals surface area contributed by atoms with Crippen LogP contribution in [0.1, 0.15) is 22.8 Å². The Balaban J connectivity index is 1.59. The molecule has 0 fully saturated rings. The fraction of sp³-hybridized carbons (Fsp3) is 0.182. The van der Waals surface area contributed by atoms with E-state index in [1.165, 1.54) is 6.07 Å². The quantitative estimate of drug-likeness (QED) is 0.580. The molecule has 0 amide bonds. The van der Waals surface area contributed by atoms with Crippen LogP contribution in [0.4, 0.5) is 4.39 Å². The lowest BCUT2D eigenvalue weighted by Crippen LogP contribution is -2.21. The highest BCUT2D eigenvalue weighted by Crippen LogP contribution is 2.24. The lowest BCUT2D eigenvalue weighted by atomic mass is 10.1. The van der Waals surface area contributed by atoms with Gasteiger partial charge in [0.2, 0.25) is 0 Å². The van der Waals surface area contributed by atoms with Crippen LogP contribution in [-0.4, -0.2) is 11.7 Å². The summed E-state index contributed by atoms with van der Waals surface area (Å²) in [6, 6.07) is 21.6. The van der Waals surface area contributed by atoms with E-state index in [0.29, 0.717) is 29.4 Å². The van der Waals surface area contributed by atoms with Crippen molar-refractivity contribution in [3.63, 3.8) is 0 Å². The van der Waals surface area contributed by atoms with Crippen molar-refractivity contribution in [1.82, 2.24) is 5.32 Å². The minimum atomic E-state index is -0.587. The maximum atomic E-state index is 13.9. The molecule has 140 valence electrons. The number of aliphatic hydroxyl groups excluding tert-OH is 1. The number of nitrogens with one attached hydrogen (secondary N) is 1. The first-order valence-electron chi connectivity index (χ1n) is 8.72. The van der Waals surface area contributed by atoms with Crippen molar-refractivity contribution in [2.45, 2.75) is 19.3 Å². The molecule has 27 heavy (non-hydrogen) atoms. The largest absolute Gasteiger partial charge is 0.488 e. The highest BCUT2D eigenvalue weighted by atomic mass is 35.5. The summed E-state index contributed by atoms with van der Waals surface area (Å²) in [5.74, 6) is 0.266. The van der Waals surface area contributed by atoms with Crippen LogP contribution in [-0.2, 0) is 13.2 Å². The van der Waals surface area contributed by atoms with Gasteiger partial charge in [-0.15, -0.1) is 0 Å². The van der Waals surface area contributed by atoms with Gasteiger partial charge < -0.3 is 15.2 Å². The van der Waals surface area contributed by atoms with Crippen LogP contribution in [0.15, 0.2) is 72.8 Å². The van der Waals surface area contributed by atoms with Crippen LogP contribution in [0, 0.1) is 5.82 Å². The molecule has 1 unspecified atom stereocenters. The van der Waals surface area contributed by atoms with E-state index in [1.807, 2.05) is 54.6 Å². The number of para-hydroxylation sites is 1. The molecule has 1 atom stereocenters. The summed E-state index contributed by atoms with van der Waals surface area (Å²) in [6.45, 7) is 0.984. The Morgan fingerprint density at radius 3 is 2.48 bits per heavy atom. The van der Waals surface area contributed by atoms with Gasteiger partial charge in [0, 0.05) is 24.2 Å². The number of halogens is 2. The second-order valence-corrected chi connectivity index (χ2v) is 6.56. The molecule has 0 aliphatic carbocycles. The topological polar surface area (TPSA) is 41.5 Å². The minimum Gasteiger partial charge on any atom is -0.488 e. The molecule has 0 bridgehead atoms. The maximum Gasteiger partial charge on any atom is 0.131 e. The molecule has 0 radical (unpaired) electrons. The standard InChI is InChI=1S/C22H21ClFNO2/c23-19-10-6-11-20(24)18(19)15-27-22-12-5-4-9-17(22)13-25-14-21(26)16-7-2-1-3-8-16/h1-12,21,25-26H,13-15H2. The predicted octanol–water partition coefficient (Wildman–Crippen LogP) is 4.88. The van der Waals surface area contributed by atoms with Crippen LogP contribution >= 0.6 is 11.6 Å². The third kappa shape index (κ3) is 5.30. The van der Waals surface area contributed by atoms with Crippen molar-refractivity contribution >= 4 is 11.6 Å². The zero-order valence-corrected chi connectivity index (χ0v) is 15.5. The number of hydrogen-bond acceptors (Lipinski definition) is 3. The van der Waals surface area contributed by atoms with Crippen LogP contribution < -0.4 is 10.1 Å². The van der Waals surface area contributed by atoms with E-state index in [1.54, 1.807) is 12.1 Å². The van der Waals surface area contributed by atoms with E-state index in [9.17, 15) is 9.50 Å². The van der Waals surface area contributed by atoms with Crippen molar-refractivity contribution in [2.24, 2.45) is 0 Å². The molecule has 0 aliphatic rings. The van der Waals surface area contributed by atoms with Crippen LogP contribution in [0.2, 0.25) is 5.02 Å². The summed E-state index contributed by atoms with van der Waals surface area (Å²) in [5.41, 5.74) is 2.12. The van der Waals surface area contributed by atoms with Crippen molar-refractivity contribution < 1.29 is 14.2 Å². The minimum absolute atomic E-state index is 0.0508. The molecular weight excluding hydrogens is 365 g/mol. The third-order valence-corrected chi connectivity index (χ3v) is 4.60. The van der Waals surface area contributed by atoms with E-state index in [0.717, 1.165) is 11.1 Å². The summed E-state index contributed by atoms with van der Waals surface area (Å²) in [7, 11) is 0. The Bertz CT molecular complexity index is 853. The molecule has 0 aliphatic heterocycles. The SMILES string of the molecule is OC(CNCc1ccccc1OCc1c(F)cccc1Cl)c1ccccc1. The Morgan fingerprint density at radius 2 is 1.70 bits per heavy atom. The number of hydrogen-bond donors (Lipinski definition) is 2. The van der Waals surface area contributed by atoms with Crippen LogP contribution in [0.5, 0.6) is 5.75 Å². The van der Waals surface area contributed by atoms with Gasteiger partial charge in [-0.2, -0.15) is 0 Å². The Hall–Kier alpha value is -2.40. The first-order chi connectivity index (χ1) is 13.1. The monoisotopic (exact) mass is 385 g/mol.